The van der Waals surface area contributed by atoms with Gasteiger partial charge in [-0.3, -0.25) is 0 Å². The molecule has 0 amide bonds. The van der Waals surface area contributed by atoms with Crippen molar-refractivity contribution in [2.45, 2.75) is 6.92 Å². The molecular weight excluding hydrogens is 387 g/mol. The third kappa shape index (κ3) is 3.96. The standard InChI is InChI=1S/C11H11Br2ClN2O2/c1-2-18-11(17)6-3-7(12)10(8(13)4-6)16-9(15)5-14/h3-4H,2,5H2,1H3,(H2,15,16). The first-order chi connectivity index (χ1) is 8.49. The van der Waals surface area contributed by atoms with Crippen LogP contribution in [0.3, 0.4) is 0 Å². The zero-order valence-electron chi connectivity index (χ0n) is 9.54. The maximum atomic E-state index is 11.6. The van der Waals surface area contributed by atoms with E-state index in [1.807, 2.05) is 0 Å². The number of rotatable bonds is 4. The Labute approximate surface area is 127 Å². The molecule has 0 aliphatic heterocycles. The number of esters is 1. The van der Waals surface area contributed by atoms with Crippen LogP contribution >= 0.6 is 43.5 Å². The van der Waals surface area contributed by atoms with Crippen LogP contribution in [-0.2, 0) is 4.74 Å². The summed E-state index contributed by atoms with van der Waals surface area (Å²) in [6.07, 6.45) is 0. The van der Waals surface area contributed by atoms with Crippen LogP contribution < -0.4 is 5.73 Å². The fraction of sp³-hybridized carbons (Fsp3) is 0.273. The summed E-state index contributed by atoms with van der Waals surface area (Å²) in [5.74, 6) is 0.0418. The monoisotopic (exact) mass is 396 g/mol. The molecule has 7 heteroatoms. The zero-order chi connectivity index (χ0) is 13.7. The van der Waals surface area contributed by atoms with E-state index in [0.29, 0.717) is 32.6 Å². The smallest absolute Gasteiger partial charge is 0.338 e. The van der Waals surface area contributed by atoms with E-state index in [1.54, 1.807) is 19.1 Å². The van der Waals surface area contributed by atoms with Gasteiger partial charge in [-0.1, -0.05) is 0 Å². The molecule has 0 radical (unpaired) electrons. The summed E-state index contributed by atoms with van der Waals surface area (Å²) in [7, 11) is 0. The minimum Gasteiger partial charge on any atom is -0.462 e. The van der Waals surface area contributed by atoms with Gasteiger partial charge in [0.15, 0.2) is 0 Å². The molecule has 0 saturated carbocycles. The summed E-state index contributed by atoms with van der Waals surface area (Å²) in [6, 6.07) is 3.26. The highest BCUT2D eigenvalue weighted by molar-refractivity contribution is 9.11. The highest BCUT2D eigenvalue weighted by Crippen LogP contribution is 2.35. The van der Waals surface area contributed by atoms with Crippen molar-refractivity contribution in [3.8, 4) is 0 Å². The molecule has 0 atom stereocenters. The van der Waals surface area contributed by atoms with Crippen molar-refractivity contribution in [2.24, 2.45) is 10.7 Å². The Morgan fingerprint density at radius 3 is 2.44 bits per heavy atom. The number of ether oxygens (including phenoxy) is 1. The van der Waals surface area contributed by atoms with Gasteiger partial charge in [0.2, 0.25) is 0 Å². The first-order valence-electron chi connectivity index (χ1n) is 5.04. The molecule has 0 bridgehead atoms. The number of aliphatic imine (C=N–C) groups is 1. The number of halogens is 3. The lowest BCUT2D eigenvalue weighted by Crippen LogP contribution is -2.12. The quantitative estimate of drug-likeness (QED) is 0.365. The normalized spacial score (nSPS) is 11.4. The number of carbonyl (C=O) groups excluding carboxylic acids is 1. The number of hydrogen-bond donors (Lipinski definition) is 1. The predicted octanol–water partition coefficient (Wildman–Crippen LogP) is 3.62. The number of benzene rings is 1. The lowest BCUT2D eigenvalue weighted by molar-refractivity contribution is 0.0526. The minimum absolute atomic E-state index is 0.137. The molecule has 98 valence electrons. The van der Waals surface area contributed by atoms with Gasteiger partial charge in [-0.2, -0.15) is 0 Å². The van der Waals surface area contributed by atoms with E-state index >= 15 is 0 Å². The molecule has 0 fully saturated rings. The summed E-state index contributed by atoms with van der Waals surface area (Å²) >= 11 is 12.2. The summed E-state index contributed by atoms with van der Waals surface area (Å²) in [4.78, 5) is 15.7. The van der Waals surface area contributed by atoms with Crippen molar-refractivity contribution in [1.82, 2.24) is 0 Å². The van der Waals surface area contributed by atoms with Crippen LogP contribution in [0.4, 0.5) is 5.69 Å². The van der Waals surface area contributed by atoms with Gasteiger partial charge in [0.25, 0.3) is 0 Å². The average molecular weight is 398 g/mol. The van der Waals surface area contributed by atoms with Crippen LogP contribution in [0.1, 0.15) is 17.3 Å². The Morgan fingerprint density at radius 2 is 2.00 bits per heavy atom. The third-order valence-electron chi connectivity index (χ3n) is 1.92. The maximum Gasteiger partial charge on any atom is 0.338 e. The molecular formula is C11H11Br2ClN2O2. The predicted molar refractivity (Wildman–Crippen MR) is 79.8 cm³/mol. The van der Waals surface area contributed by atoms with Crippen molar-refractivity contribution in [2.75, 3.05) is 12.5 Å². The van der Waals surface area contributed by atoms with Crippen LogP contribution in [0.5, 0.6) is 0 Å². The highest BCUT2D eigenvalue weighted by Gasteiger charge is 2.13. The van der Waals surface area contributed by atoms with Crippen molar-refractivity contribution in [3.63, 3.8) is 0 Å². The van der Waals surface area contributed by atoms with E-state index in [9.17, 15) is 4.79 Å². The lowest BCUT2D eigenvalue weighted by Gasteiger charge is -2.07. The summed E-state index contributed by atoms with van der Waals surface area (Å²) < 4.78 is 6.18. The van der Waals surface area contributed by atoms with Crippen molar-refractivity contribution < 1.29 is 9.53 Å². The molecule has 1 aromatic carbocycles. The van der Waals surface area contributed by atoms with Gasteiger partial charge in [0, 0.05) is 8.95 Å². The Hall–Kier alpha value is -0.590. The molecule has 1 aromatic rings. The molecule has 0 aromatic heterocycles. The molecule has 4 nitrogen and oxygen atoms in total. The van der Waals surface area contributed by atoms with Crippen LogP contribution in [0.2, 0.25) is 0 Å². The van der Waals surface area contributed by atoms with Gasteiger partial charge < -0.3 is 10.5 Å². The van der Waals surface area contributed by atoms with Gasteiger partial charge >= 0.3 is 5.97 Å². The Balaban J connectivity index is 3.16. The van der Waals surface area contributed by atoms with Crippen molar-refractivity contribution in [3.05, 3.63) is 26.6 Å². The Morgan fingerprint density at radius 1 is 1.44 bits per heavy atom. The van der Waals surface area contributed by atoms with E-state index < -0.39 is 0 Å². The first-order valence-corrected chi connectivity index (χ1v) is 7.16. The molecule has 0 spiro atoms. The topological polar surface area (TPSA) is 64.7 Å². The van der Waals surface area contributed by atoms with E-state index in [0.717, 1.165) is 0 Å². The number of alkyl halides is 1. The van der Waals surface area contributed by atoms with Crippen LogP contribution in [0, 0.1) is 0 Å². The SMILES string of the molecule is CCOC(=O)c1cc(Br)c(N=C(N)CCl)c(Br)c1. The maximum absolute atomic E-state index is 11.6. The van der Waals surface area contributed by atoms with Gasteiger partial charge in [0.1, 0.15) is 5.84 Å². The Bertz CT molecular complexity index is 469. The molecule has 0 aliphatic carbocycles. The van der Waals surface area contributed by atoms with Gasteiger partial charge in [0.05, 0.1) is 23.7 Å². The van der Waals surface area contributed by atoms with E-state index in [1.165, 1.54) is 0 Å². The molecule has 0 unspecified atom stereocenters. The fourth-order valence-electron chi connectivity index (χ4n) is 1.18. The molecule has 2 N–H and O–H groups in total. The molecule has 0 saturated heterocycles. The van der Waals surface area contributed by atoms with E-state index in [2.05, 4.69) is 36.9 Å². The summed E-state index contributed by atoms with van der Waals surface area (Å²) in [6.45, 7) is 2.08. The van der Waals surface area contributed by atoms with Gasteiger partial charge in [-0.05, 0) is 50.9 Å². The van der Waals surface area contributed by atoms with E-state index in [4.69, 9.17) is 22.1 Å². The third-order valence-corrected chi connectivity index (χ3v) is 3.40. The van der Waals surface area contributed by atoms with Crippen LogP contribution in [0.15, 0.2) is 26.1 Å². The van der Waals surface area contributed by atoms with Crippen molar-refractivity contribution in [1.29, 1.82) is 0 Å². The highest BCUT2D eigenvalue weighted by atomic mass is 79.9. The largest absolute Gasteiger partial charge is 0.462 e. The Kier molecular flexibility index (Phi) is 6.11. The van der Waals surface area contributed by atoms with Crippen molar-refractivity contribution >= 4 is 61.0 Å². The van der Waals surface area contributed by atoms with E-state index in [-0.39, 0.29) is 11.8 Å². The number of nitrogens with two attached hydrogens (primary N) is 1. The number of hydrogen-bond acceptors (Lipinski definition) is 3. The number of amidine groups is 1. The lowest BCUT2D eigenvalue weighted by atomic mass is 10.2. The number of nitrogens with zero attached hydrogens (tertiary/aromatic N) is 1. The minimum atomic E-state index is -0.389. The molecule has 0 aliphatic rings. The average Bonchev–Trinajstić information content (AvgIpc) is 2.33. The van der Waals surface area contributed by atoms with Crippen LogP contribution in [-0.4, -0.2) is 24.3 Å². The molecule has 18 heavy (non-hydrogen) atoms. The zero-order valence-corrected chi connectivity index (χ0v) is 13.5. The first kappa shape index (κ1) is 15.5. The fourth-order valence-corrected chi connectivity index (χ4v) is 2.60. The van der Waals surface area contributed by atoms with Gasteiger partial charge in [-0.25, -0.2) is 9.79 Å². The second-order valence-corrected chi connectivity index (χ2v) is 5.22. The second-order valence-electron chi connectivity index (χ2n) is 3.25. The summed E-state index contributed by atoms with van der Waals surface area (Å²) in [5.41, 5.74) is 6.59. The molecule has 1 rings (SSSR count). The number of carbonyl (C=O) groups is 1. The summed E-state index contributed by atoms with van der Waals surface area (Å²) in [5, 5.41) is 0. The second kappa shape index (κ2) is 7.11. The van der Waals surface area contributed by atoms with Gasteiger partial charge in [-0.15, -0.1) is 11.6 Å². The molecule has 0 heterocycles. The van der Waals surface area contributed by atoms with Crippen LogP contribution in [0.25, 0.3) is 0 Å².